The van der Waals surface area contributed by atoms with Crippen LogP contribution in [0.4, 0.5) is 0 Å². The molecule has 0 aliphatic rings. The minimum absolute atomic E-state index is 0.0597. The average molecular weight is 321 g/mol. The first-order valence-electron chi connectivity index (χ1n) is 6.07. The minimum Gasteiger partial charge on any atom is -0.457 e. The van der Waals surface area contributed by atoms with Crippen molar-refractivity contribution >= 4 is 25.7 Å². The van der Waals surface area contributed by atoms with Crippen LogP contribution in [0.25, 0.3) is 0 Å². The number of benzene rings is 1. The van der Waals surface area contributed by atoms with Gasteiger partial charge in [0, 0.05) is 17.8 Å². The summed E-state index contributed by atoms with van der Waals surface area (Å²) < 4.78 is 33.0. The number of esters is 1. The van der Waals surface area contributed by atoms with Crippen LogP contribution in [0.3, 0.4) is 0 Å². The predicted octanol–water partition coefficient (Wildman–Crippen LogP) is 2.37. The van der Waals surface area contributed by atoms with Crippen LogP contribution in [0.2, 0.25) is 0 Å². The van der Waals surface area contributed by atoms with E-state index in [0.717, 1.165) is 0 Å². The minimum atomic E-state index is -3.90. The molecule has 0 fully saturated rings. The maximum atomic E-state index is 11.9. The Kier molecular flexibility index (Phi) is 5.98. The Bertz CT molecular complexity index is 582. The number of hydrogen-bond donors (Lipinski definition) is 0. The Balaban J connectivity index is 3.06. The predicted molar refractivity (Wildman–Crippen MR) is 75.6 cm³/mol. The molecule has 0 aliphatic carbocycles. The summed E-state index contributed by atoms with van der Waals surface area (Å²) in [4.78, 5) is 11.8. The standard InChI is InChI=1S/C13H17ClO5S/c1-4-10-5-6-11(7-12(10)20(14,16)17)13(15)19-9(2)8-18-3/h5-7,9H,4,8H2,1-3H3. The number of carbonyl (C=O) groups is 1. The van der Waals surface area contributed by atoms with Gasteiger partial charge in [-0.2, -0.15) is 0 Å². The zero-order valence-electron chi connectivity index (χ0n) is 11.6. The molecule has 0 saturated heterocycles. The quantitative estimate of drug-likeness (QED) is 0.594. The topological polar surface area (TPSA) is 69.7 Å². The first kappa shape index (κ1) is 16.9. The van der Waals surface area contributed by atoms with E-state index in [0.29, 0.717) is 12.0 Å². The molecule has 0 radical (unpaired) electrons. The summed E-state index contributed by atoms with van der Waals surface area (Å²) in [5, 5.41) is 0. The van der Waals surface area contributed by atoms with Crippen LogP contribution >= 0.6 is 10.7 Å². The highest BCUT2D eigenvalue weighted by Crippen LogP contribution is 2.22. The van der Waals surface area contributed by atoms with Gasteiger partial charge in [0.15, 0.2) is 0 Å². The molecule has 0 bridgehead atoms. The lowest BCUT2D eigenvalue weighted by molar-refractivity contribution is 0.0120. The van der Waals surface area contributed by atoms with Crippen LogP contribution in [0.15, 0.2) is 23.1 Å². The summed E-state index contributed by atoms with van der Waals surface area (Å²) in [7, 11) is 2.97. The van der Waals surface area contributed by atoms with Crippen molar-refractivity contribution in [3.63, 3.8) is 0 Å². The van der Waals surface area contributed by atoms with E-state index in [1.165, 1.54) is 19.2 Å². The van der Waals surface area contributed by atoms with Gasteiger partial charge in [0.2, 0.25) is 0 Å². The number of methoxy groups -OCH3 is 1. The number of aryl methyl sites for hydroxylation is 1. The van der Waals surface area contributed by atoms with E-state index in [9.17, 15) is 13.2 Å². The summed E-state index contributed by atoms with van der Waals surface area (Å²) >= 11 is 0. The average Bonchev–Trinajstić information content (AvgIpc) is 2.37. The van der Waals surface area contributed by atoms with E-state index >= 15 is 0 Å². The molecule has 0 amide bonds. The zero-order valence-corrected chi connectivity index (χ0v) is 13.1. The molecule has 1 aromatic carbocycles. The van der Waals surface area contributed by atoms with Gasteiger partial charge in [-0.05, 0) is 31.0 Å². The van der Waals surface area contributed by atoms with Crippen molar-refractivity contribution in [1.29, 1.82) is 0 Å². The van der Waals surface area contributed by atoms with E-state index in [-0.39, 0.29) is 17.1 Å². The fraction of sp³-hybridized carbons (Fsp3) is 0.462. The van der Waals surface area contributed by atoms with Crippen molar-refractivity contribution in [1.82, 2.24) is 0 Å². The summed E-state index contributed by atoms with van der Waals surface area (Å²) in [5.74, 6) is -0.612. The highest BCUT2D eigenvalue weighted by Gasteiger charge is 2.19. The van der Waals surface area contributed by atoms with E-state index < -0.39 is 21.1 Å². The zero-order chi connectivity index (χ0) is 15.3. The Morgan fingerprint density at radius 3 is 2.55 bits per heavy atom. The second-order valence-corrected chi connectivity index (χ2v) is 6.82. The molecule has 5 nitrogen and oxygen atoms in total. The van der Waals surface area contributed by atoms with Gasteiger partial charge < -0.3 is 9.47 Å². The van der Waals surface area contributed by atoms with Gasteiger partial charge in [-0.1, -0.05) is 13.0 Å². The summed E-state index contributed by atoms with van der Waals surface area (Å²) in [6, 6.07) is 4.32. The second-order valence-electron chi connectivity index (χ2n) is 4.29. The maximum Gasteiger partial charge on any atom is 0.338 e. The largest absolute Gasteiger partial charge is 0.457 e. The lowest BCUT2D eigenvalue weighted by atomic mass is 10.1. The Labute approximate surface area is 123 Å². The number of hydrogen-bond acceptors (Lipinski definition) is 5. The lowest BCUT2D eigenvalue weighted by Crippen LogP contribution is -2.20. The molecule has 0 heterocycles. The summed E-state index contributed by atoms with van der Waals surface area (Å²) in [6.07, 6.45) is 0.0749. The van der Waals surface area contributed by atoms with Crippen molar-refractivity contribution in [2.24, 2.45) is 0 Å². The molecule has 1 rings (SSSR count). The van der Waals surface area contributed by atoms with Gasteiger partial charge in [0.1, 0.15) is 6.10 Å². The van der Waals surface area contributed by atoms with Crippen LogP contribution in [0.1, 0.15) is 29.8 Å². The van der Waals surface area contributed by atoms with Gasteiger partial charge in [-0.3, -0.25) is 0 Å². The van der Waals surface area contributed by atoms with Gasteiger partial charge >= 0.3 is 5.97 Å². The highest BCUT2D eigenvalue weighted by atomic mass is 35.7. The van der Waals surface area contributed by atoms with Gasteiger partial charge in [0.05, 0.1) is 17.1 Å². The molecule has 20 heavy (non-hydrogen) atoms. The van der Waals surface area contributed by atoms with E-state index in [1.54, 1.807) is 19.9 Å². The molecular weight excluding hydrogens is 304 g/mol. The van der Waals surface area contributed by atoms with Crippen molar-refractivity contribution < 1.29 is 22.7 Å². The van der Waals surface area contributed by atoms with E-state index in [1.807, 2.05) is 0 Å². The first-order chi connectivity index (χ1) is 9.29. The monoisotopic (exact) mass is 320 g/mol. The molecule has 0 spiro atoms. The molecule has 0 N–H and O–H groups in total. The third-order valence-electron chi connectivity index (χ3n) is 2.66. The van der Waals surface area contributed by atoms with Gasteiger partial charge in [-0.25, -0.2) is 13.2 Å². The molecule has 1 unspecified atom stereocenters. The van der Waals surface area contributed by atoms with Crippen molar-refractivity contribution in [3.8, 4) is 0 Å². The molecule has 0 saturated carbocycles. The second kappa shape index (κ2) is 7.06. The van der Waals surface area contributed by atoms with Crippen LogP contribution in [-0.2, 0) is 24.9 Å². The fourth-order valence-electron chi connectivity index (χ4n) is 1.72. The van der Waals surface area contributed by atoms with Crippen molar-refractivity contribution in [2.75, 3.05) is 13.7 Å². The highest BCUT2D eigenvalue weighted by molar-refractivity contribution is 8.13. The Hall–Kier alpha value is -1.11. The first-order valence-corrected chi connectivity index (χ1v) is 8.38. The number of ether oxygens (including phenoxy) is 2. The number of rotatable bonds is 6. The Morgan fingerprint density at radius 1 is 1.40 bits per heavy atom. The lowest BCUT2D eigenvalue weighted by Gasteiger charge is -2.13. The van der Waals surface area contributed by atoms with E-state index in [2.05, 4.69) is 0 Å². The van der Waals surface area contributed by atoms with Crippen molar-refractivity contribution in [3.05, 3.63) is 29.3 Å². The van der Waals surface area contributed by atoms with Crippen molar-refractivity contribution in [2.45, 2.75) is 31.3 Å². The molecule has 7 heteroatoms. The number of carbonyl (C=O) groups excluding carboxylic acids is 1. The SMILES string of the molecule is CCc1ccc(C(=O)OC(C)COC)cc1S(=O)(=O)Cl. The smallest absolute Gasteiger partial charge is 0.338 e. The van der Waals surface area contributed by atoms with Crippen LogP contribution < -0.4 is 0 Å². The summed E-state index contributed by atoms with van der Waals surface area (Å²) in [6.45, 7) is 3.75. The number of halogens is 1. The fourth-order valence-corrected chi connectivity index (χ4v) is 2.94. The van der Waals surface area contributed by atoms with Crippen LogP contribution in [-0.4, -0.2) is 34.2 Å². The molecular formula is C13H17ClO5S. The normalized spacial score (nSPS) is 13.0. The third kappa shape index (κ3) is 4.47. The maximum absolute atomic E-state index is 11.9. The van der Waals surface area contributed by atoms with Gasteiger partial charge in [0.25, 0.3) is 9.05 Å². The third-order valence-corrected chi connectivity index (χ3v) is 4.06. The summed E-state index contributed by atoms with van der Waals surface area (Å²) in [5.41, 5.74) is 0.700. The molecule has 0 aliphatic heterocycles. The molecule has 0 aromatic heterocycles. The van der Waals surface area contributed by atoms with Gasteiger partial charge in [-0.15, -0.1) is 0 Å². The van der Waals surface area contributed by atoms with Crippen LogP contribution in [0, 0.1) is 0 Å². The van der Waals surface area contributed by atoms with E-state index in [4.69, 9.17) is 20.2 Å². The molecule has 1 aromatic rings. The van der Waals surface area contributed by atoms with Crippen LogP contribution in [0.5, 0.6) is 0 Å². The Morgan fingerprint density at radius 2 is 2.05 bits per heavy atom. The molecule has 112 valence electrons. The molecule has 1 atom stereocenters.